The monoisotopic (exact) mass is 252 g/mol. The number of carboxylic acid groups (broad SMARTS) is 1. The van der Waals surface area contributed by atoms with Gasteiger partial charge in [0.05, 0.1) is 0 Å². The minimum Gasteiger partial charge on any atom is -0.476 e. The maximum absolute atomic E-state index is 11.3. The lowest BCUT2D eigenvalue weighted by molar-refractivity contribution is -0.120. The lowest BCUT2D eigenvalue weighted by Crippen LogP contribution is -2.26. The Bertz CT molecular complexity index is 405. The van der Waals surface area contributed by atoms with E-state index in [1.54, 1.807) is 0 Å². The Hall–Kier alpha value is -2.18. The summed E-state index contributed by atoms with van der Waals surface area (Å²) >= 11 is 0. The van der Waals surface area contributed by atoms with E-state index in [4.69, 9.17) is 5.11 Å². The summed E-state index contributed by atoms with van der Waals surface area (Å²) in [4.78, 5) is 21.8. The van der Waals surface area contributed by atoms with Crippen LogP contribution in [0.4, 0.5) is 5.82 Å². The highest BCUT2D eigenvalue weighted by atomic mass is 16.4. The van der Waals surface area contributed by atoms with E-state index in [1.165, 1.54) is 12.1 Å². The third-order valence-corrected chi connectivity index (χ3v) is 2.11. The summed E-state index contributed by atoms with van der Waals surface area (Å²) in [6.07, 6.45) is 1.24. The zero-order valence-corrected chi connectivity index (χ0v) is 10.1. The number of carboxylic acids is 1. The number of nitrogens with one attached hydrogen (secondary N) is 2. The van der Waals surface area contributed by atoms with Crippen molar-refractivity contribution in [1.82, 2.24) is 15.5 Å². The van der Waals surface area contributed by atoms with Gasteiger partial charge in [0.15, 0.2) is 5.69 Å². The van der Waals surface area contributed by atoms with Crippen molar-refractivity contribution >= 4 is 17.7 Å². The van der Waals surface area contributed by atoms with Crippen LogP contribution in [-0.4, -0.2) is 40.3 Å². The Morgan fingerprint density at radius 3 is 2.61 bits per heavy atom. The fraction of sp³-hybridized carbons (Fsp3) is 0.455. The summed E-state index contributed by atoms with van der Waals surface area (Å²) in [5.74, 6) is -0.698. The third kappa shape index (κ3) is 4.77. The van der Waals surface area contributed by atoms with Crippen LogP contribution in [0.3, 0.4) is 0 Å². The first-order valence-electron chi connectivity index (χ1n) is 5.71. The lowest BCUT2D eigenvalue weighted by atomic mass is 10.3. The van der Waals surface area contributed by atoms with Crippen molar-refractivity contribution in [1.29, 1.82) is 0 Å². The second-order valence-electron chi connectivity index (χ2n) is 3.64. The molecule has 0 saturated carbocycles. The number of hydrogen-bond acceptors (Lipinski definition) is 5. The van der Waals surface area contributed by atoms with Crippen molar-refractivity contribution in [2.24, 2.45) is 0 Å². The molecule has 1 rings (SSSR count). The van der Waals surface area contributed by atoms with E-state index in [1.807, 2.05) is 6.92 Å². The first-order valence-corrected chi connectivity index (χ1v) is 5.71. The maximum atomic E-state index is 11.3. The van der Waals surface area contributed by atoms with E-state index in [-0.39, 0.29) is 11.6 Å². The van der Waals surface area contributed by atoms with Crippen molar-refractivity contribution in [3.63, 3.8) is 0 Å². The molecule has 0 atom stereocenters. The molecule has 3 N–H and O–H groups in total. The topological polar surface area (TPSA) is 104 Å². The number of aromatic carboxylic acids is 1. The number of carbonyl (C=O) groups excluding carboxylic acids is 1. The third-order valence-electron chi connectivity index (χ3n) is 2.11. The average Bonchev–Trinajstić information content (AvgIpc) is 2.37. The minimum atomic E-state index is -1.12. The largest absolute Gasteiger partial charge is 0.476 e. The van der Waals surface area contributed by atoms with Gasteiger partial charge in [-0.25, -0.2) is 4.79 Å². The standard InChI is InChI=1S/C11H16N4O3/c1-2-6-13-10(16)5-7-12-9-4-3-8(11(17)18)14-15-9/h3-4H,2,5-7H2,1H3,(H,12,15)(H,13,16)(H,17,18). The predicted molar refractivity (Wildman–Crippen MR) is 65.4 cm³/mol. The van der Waals surface area contributed by atoms with Gasteiger partial charge in [-0.05, 0) is 18.6 Å². The molecule has 1 aromatic heterocycles. The zero-order valence-electron chi connectivity index (χ0n) is 10.1. The van der Waals surface area contributed by atoms with E-state index < -0.39 is 5.97 Å². The van der Waals surface area contributed by atoms with E-state index in [9.17, 15) is 9.59 Å². The molecule has 7 nitrogen and oxygen atoms in total. The van der Waals surface area contributed by atoms with Gasteiger partial charge in [-0.3, -0.25) is 4.79 Å². The van der Waals surface area contributed by atoms with Crippen molar-refractivity contribution < 1.29 is 14.7 Å². The molecule has 98 valence electrons. The number of nitrogens with zero attached hydrogens (tertiary/aromatic N) is 2. The summed E-state index contributed by atoms with van der Waals surface area (Å²) in [6, 6.07) is 2.87. The summed E-state index contributed by atoms with van der Waals surface area (Å²) in [6.45, 7) is 3.08. The number of rotatable bonds is 7. The molecule has 0 unspecified atom stereocenters. The highest BCUT2D eigenvalue weighted by Gasteiger charge is 2.05. The summed E-state index contributed by atoms with van der Waals surface area (Å²) in [5, 5.41) is 21.5. The quantitative estimate of drug-likeness (QED) is 0.653. The van der Waals surface area contributed by atoms with Gasteiger partial charge in [0.1, 0.15) is 5.82 Å². The molecule has 1 amide bonds. The van der Waals surface area contributed by atoms with E-state index in [2.05, 4.69) is 20.8 Å². The molecule has 0 fully saturated rings. The fourth-order valence-electron chi connectivity index (χ4n) is 1.20. The van der Waals surface area contributed by atoms with Crippen LogP contribution in [0, 0.1) is 0 Å². The molecule has 7 heteroatoms. The van der Waals surface area contributed by atoms with Crippen LogP contribution < -0.4 is 10.6 Å². The van der Waals surface area contributed by atoms with Gasteiger partial charge < -0.3 is 15.7 Å². The Morgan fingerprint density at radius 1 is 1.28 bits per heavy atom. The highest BCUT2D eigenvalue weighted by molar-refractivity contribution is 5.85. The molecule has 0 radical (unpaired) electrons. The summed E-state index contributed by atoms with van der Waals surface area (Å²) < 4.78 is 0. The van der Waals surface area contributed by atoms with Gasteiger partial charge in [0, 0.05) is 19.5 Å². The number of anilines is 1. The zero-order chi connectivity index (χ0) is 13.4. The van der Waals surface area contributed by atoms with Gasteiger partial charge >= 0.3 is 5.97 Å². The summed E-state index contributed by atoms with van der Waals surface area (Å²) in [5.41, 5.74) is -0.110. The van der Waals surface area contributed by atoms with Gasteiger partial charge in [-0.2, -0.15) is 0 Å². The van der Waals surface area contributed by atoms with E-state index in [0.29, 0.717) is 25.3 Å². The molecule has 1 aromatic rings. The Balaban J connectivity index is 2.31. The summed E-state index contributed by atoms with van der Waals surface area (Å²) in [7, 11) is 0. The SMILES string of the molecule is CCCNC(=O)CCNc1ccc(C(=O)O)nn1. The Kier molecular flexibility index (Phi) is 5.56. The second-order valence-corrected chi connectivity index (χ2v) is 3.64. The fourth-order valence-corrected chi connectivity index (χ4v) is 1.20. The lowest BCUT2D eigenvalue weighted by Gasteiger charge is -2.05. The first-order chi connectivity index (χ1) is 8.63. The van der Waals surface area contributed by atoms with E-state index in [0.717, 1.165) is 6.42 Å². The normalized spacial score (nSPS) is 9.83. The molecule has 18 heavy (non-hydrogen) atoms. The first kappa shape index (κ1) is 13.9. The molecule has 0 aliphatic carbocycles. The molecule has 1 heterocycles. The molecule has 0 aromatic carbocycles. The number of carbonyl (C=O) groups is 2. The van der Waals surface area contributed by atoms with E-state index >= 15 is 0 Å². The molecular weight excluding hydrogens is 236 g/mol. The number of aromatic nitrogens is 2. The Morgan fingerprint density at radius 2 is 2.06 bits per heavy atom. The van der Waals surface area contributed by atoms with Crippen molar-refractivity contribution in [2.45, 2.75) is 19.8 Å². The van der Waals surface area contributed by atoms with Crippen LogP contribution in [0.15, 0.2) is 12.1 Å². The predicted octanol–water partition coefficient (Wildman–Crippen LogP) is 0.503. The van der Waals surface area contributed by atoms with Crippen LogP contribution in [0.25, 0.3) is 0 Å². The smallest absolute Gasteiger partial charge is 0.356 e. The molecular formula is C11H16N4O3. The van der Waals surface area contributed by atoms with Gasteiger partial charge in [0.2, 0.25) is 5.91 Å². The second kappa shape index (κ2) is 7.21. The van der Waals surface area contributed by atoms with Crippen molar-refractivity contribution in [3.8, 4) is 0 Å². The van der Waals surface area contributed by atoms with Gasteiger partial charge in [-0.1, -0.05) is 6.92 Å². The van der Waals surface area contributed by atoms with Crippen LogP contribution in [0.5, 0.6) is 0 Å². The van der Waals surface area contributed by atoms with Crippen molar-refractivity contribution in [2.75, 3.05) is 18.4 Å². The molecule has 0 aliphatic heterocycles. The molecule has 0 spiro atoms. The number of hydrogen-bond donors (Lipinski definition) is 3. The van der Waals surface area contributed by atoms with Crippen LogP contribution in [-0.2, 0) is 4.79 Å². The van der Waals surface area contributed by atoms with Crippen LogP contribution in [0.2, 0.25) is 0 Å². The number of amides is 1. The van der Waals surface area contributed by atoms with Crippen LogP contribution >= 0.6 is 0 Å². The minimum absolute atomic E-state index is 0.0283. The van der Waals surface area contributed by atoms with Gasteiger partial charge in [-0.15, -0.1) is 10.2 Å². The maximum Gasteiger partial charge on any atom is 0.356 e. The average molecular weight is 252 g/mol. The molecule has 0 saturated heterocycles. The van der Waals surface area contributed by atoms with Crippen molar-refractivity contribution in [3.05, 3.63) is 17.8 Å². The van der Waals surface area contributed by atoms with Gasteiger partial charge in [0.25, 0.3) is 0 Å². The molecule has 0 aliphatic rings. The highest BCUT2D eigenvalue weighted by Crippen LogP contribution is 2.01. The van der Waals surface area contributed by atoms with Crippen LogP contribution in [0.1, 0.15) is 30.3 Å². The Labute approximate surface area is 105 Å². The molecule has 0 bridgehead atoms.